The summed E-state index contributed by atoms with van der Waals surface area (Å²) in [6.45, 7) is 8.44. The van der Waals surface area contributed by atoms with Gasteiger partial charge in [0.05, 0.1) is 13.7 Å². The number of methoxy groups -OCH3 is 1. The summed E-state index contributed by atoms with van der Waals surface area (Å²) in [5.41, 5.74) is 6.98. The summed E-state index contributed by atoms with van der Waals surface area (Å²) >= 11 is 0. The fourth-order valence-corrected chi connectivity index (χ4v) is 3.94. The summed E-state index contributed by atoms with van der Waals surface area (Å²) in [4.78, 5) is 23.1. The van der Waals surface area contributed by atoms with E-state index in [9.17, 15) is 4.79 Å². The highest BCUT2D eigenvalue weighted by Crippen LogP contribution is 2.27. The number of nitrogens with two attached hydrogens (primary N) is 1. The van der Waals surface area contributed by atoms with Crippen molar-refractivity contribution in [2.45, 2.75) is 45.8 Å². The van der Waals surface area contributed by atoms with Crippen molar-refractivity contribution >= 4 is 28.6 Å². The summed E-state index contributed by atoms with van der Waals surface area (Å²) < 4.78 is 12.4. The van der Waals surface area contributed by atoms with Gasteiger partial charge in [-0.15, -0.1) is 5.10 Å². The standard InChI is InChI=1S/C22H31N7O3/c1-22(2,3)32-21(30)28-10-8-14(9-11-28)12-24-13-17-25-19-15-6-5-7-16(31-4)18(15)26-20(23)29(19)27-17/h5-7,14,24H,8-13H2,1-4H3,(H2,23,26). The molecule has 2 aromatic heterocycles. The lowest BCUT2D eigenvalue weighted by Gasteiger charge is -2.33. The van der Waals surface area contributed by atoms with Gasteiger partial charge < -0.3 is 25.4 Å². The van der Waals surface area contributed by atoms with Gasteiger partial charge in [-0.25, -0.2) is 14.8 Å². The summed E-state index contributed by atoms with van der Waals surface area (Å²) in [5, 5.41) is 8.80. The lowest BCUT2D eigenvalue weighted by molar-refractivity contribution is 0.0184. The van der Waals surface area contributed by atoms with E-state index in [-0.39, 0.29) is 12.0 Å². The molecule has 10 heteroatoms. The first kappa shape index (κ1) is 22.1. The minimum atomic E-state index is -0.466. The number of piperidine rings is 1. The summed E-state index contributed by atoms with van der Waals surface area (Å²) in [7, 11) is 1.61. The van der Waals surface area contributed by atoms with Crippen LogP contribution >= 0.6 is 0 Å². The smallest absolute Gasteiger partial charge is 0.410 e. The maximum atomic E-state index is 12.2. The van der Waals surface area contributed by atoms with Crippen LogP contribution in [0.2, 0.25) is 0 Å². The Morgan fingerprint density at radius 1 is 1.25 bits per heavy atom. The summed E-state index contributed by atoms with van der Waals surface area (Å²) in [6.07, 6.45) is 1.64. The molecule has 172 valence electrons. The average Bonchev–Trinajstić information content (AvgIpc) is 3.18. The zero-order chi connectivity index (χ0) is 22.9. The second kappa shape index (κ2) is 8.78. The van der Waals surface area contributed by atoms with E-state index < -0.39 is 5.60 Å². The average molecular weight is 442 g/mol. The number of carbonyl (C=O) groups excluding carboxylic acids is 1. The summed E-state index contributed by atoms with van der Waals surface area (Å²) in [6, 6.07) is 5.68. The maximum absolute atomic E-state index is 12.2. The molecule has 3 N–H and O–H groups in total. The first-order chi connectivity index (χ1) is 15.2. The number of amides is 1. The van der Waals surface area contributed by atoms with Crippen LogP contribution < -0.4 is 15.8 Å². The molecule has 1 aliphatic rings. The number of nitrogens with one attached hydrogen (secondary N) is 1. The van der Waals surface area contributed by atoms with Gasteiger partial charge in [0.15, 0.2) is 11.5 Å². The first-order valence-electron chi connectivity index (χ1n) is 10.9. The Balaban J connectivity index is 1.35. The van der Waals surface area contributed by atoms with Gasteiger partial charge in [-0.1, -0.05) is 6.07 Å². The van der Waals surface area contributed by atoms with E-state index in [0.29, 0.717) is 48.3 Å². The zero-order valence-corrected chi connectivity index (χ0v) is 19.1. The lowest BCUT2D eigenvalue weighted by Crippen LogP contribution is -2.43. The minimum Gasteiger partial charge on any atom is -0.494 e. The number of carbonyl (C=O) groups is 1. The monoisotopic (exact) mass is 441 g/mol. The van der Waals surface area contributed by atoms with Crippen molar-refractivity contribution in [2.75, 3.05) is 32.5 Å². The third-order valence-electron chi connectivity index (χ3n) is 5.54. The summed E-state index contributed by atoms with van der Waals surface area (Å²) in [5.74, 6) is 2.06. The molecular weight excluding hydrogens is 410 g/mol. The number of ether oxygens (including phenoxy) is 2. The van der Waals surface area contributed by atoms with Crippen LogP contribution in [-0.4, -0.2) is 62.9 Å². The number of rotatable bonds is 5. The van der Waals surface area contributed by atoms with Gasteiger partial charge in [-0.05, 0) is 58.2 Å². The van der Waals surface area contributed by atoms with E-state index in [2.05, 4.69) is 20.4 Å². The van der Waals surface area contributed by atoms with Gasteiger partial charge in [0, 0.05) is 18.5 Å². The maximum Gasteiger partial charge on any atom is 0.410 e. The number of hydrogen-bond donors (Lipinski definition) is 2. The van der Waals surface area contributed by atoms with Crippen LogP contribution in [0.15, 0.2) is 18.2 Å². The Morgan fingerprint density at radius 2 is 2.00 bits per heavy atom. The fraction of sp³-hybridized carbons (Fsp3) is 0.545. The lowest BCUT2D eigenvalue weighted by atomic mass is 9.97. The quantitative estimate of drug-likeness (QED) is 0.620. The topological polar surface area (TPSA) is 120 Å². The molecule has 1 fully saturated rings. The van der Waals surface area contributed by atoms with Crippen LogP contribution in [0.1, 0.15) is 39.4 Å². The van der Waals surface area contributed by atoms with Gasteiger partial charge in [-0.2, -0.15) is 4.52 Å². The minimum absolute atomic E-state index is 0.229. The van der Waals surface area contributed by atoms with Crippen LogP contribution in [0.25, 0.3) is 16.6 Å². The Bertz CT molecular complexity index is 1110. The van der Waals surface area contributed by atoms with Crippen LogP contribution in [-0.2, 0) is 11.3 Å². The number of nitrogens with zero attached hydrogens (tertiary/aromatic N) is 5. The molecule has 32 heavy (non-hydrogen) atoms. The molecular formula is C22H31N7O3. The van der Waals surface area contributed by atoms with E-state index in [4.69, 9.17) is 15.2 Å². The second-order valence-electron chi connectivity index (χ2n) is 9.13. The van der Waals surface area contributed by atoms with E-state index in [1.54, 1.807) is 16.5 Å². The predicted octanol–water partition coefficient (Wildman–Crippen LogP) is 2.61. The largest absolute Gasteiger partial charge is 0.494 e. The number of para-hydroxylation sites is 1. The molecule has 0 unspecified atom stereocenters. The van der Waals surface area contributed by atoms with Crippen molar-refractivity contribution in [1.82, 2.24) is 29.8 Å². The molecule has 0 bridgehead atoms. The molecule has 0 saturated carbocycles. The highest BCUT2D eigenvalue weighted by atomic mass is 16.6. The highest BCUT2D eigenvalue weighted by Gasteiger charge is 2.26. The molecule has 0 aliphatic carbocycles. The molecule has 3 aromatic rings. The van der Waals surface area contributed by atoms with Crippen LogP contribution in [0.5, 0.6) is 5.75 Å². The van der Waals surface area contributed by atoms with Crippen molar-refractivity contribution in [3.63, 3.8) is 0 Å². The van der Waals surface area contributed by atoms with Gasteiger partial charge in [-0.3, -0.25) is 0 Å². The van der Waals surface area contributed by atoms with Crippen molar-refractivity contribution in [2.24, 2.45) is 5.92 Å². The number of aromatic nitrogens is 4. The third-order valence-corrected chi connectivity index (χ3v) is 5.54. The molecule has 0 radical (unpaired) electrons. The van der Waals surface area contributed by atoms with Gasteiger partial charge in [0.1, 0.15) is 16.9 Å². The number of fused-ring (bicyclic) bond motifs is 3. The molecule has 0 atom stereocenters. The van der Waals surface area contributed by atoms with Crippen molar-refractivity contribution in [3.8, 4) is 5.75 Å². The number of benzene rings is 1. The van der Waals surface area contributed by atoms with E-state index in [1.165, 1.54) is 0 Å². The normalized spacial score (nSPS) is 15.4. The Labute approximate surface area is 187 Å². The van der Waals surface area contributed by atoms with Crippen LogP contribution in [0.4, 0.5) is 10.7 Å². The number of likely N-dealkylation sites (tertiary alicyclic amines) is 1. The van der Waals surface area contributed by atoms with Crippen molar-refractivity contribution in [1.29, 1.82) is 0 Å². The number of nitrogen functional groups attached to an aromatic ring is 1. The van der Waals surface area contributed by atoms with E-state index >= 15 is 0 Å². The van der Waals surface area contributed by atoms with Gasteiger partial charge in [0.25, 0.3) is 0 Å². The number of anilines is 1. The molecule has 0 spiro atoms. The molecule has 4 rings (SSSR count). The Morgan fingerprint density at radius 3 is 2.69 bits per heavy atom. The SMILES string of the molecule is COc1cccc2c1nc(N)n1nc(CNCC3CCN(C(=O)OC(C)(C)C)CC3)nc21. The van der Waals surface area contributed by atoms with E-state index in [0.717, 1.165) is 24.8 Å². The van der Waals surface area contributed by atoms with Gasteiger partial charge in [0.2, 0.25) is 5.95 Å². The molecule has 1 aliphatic heterocycles. The first-order valence-corrected chi connectivity index (χ1v) is 10.9. The molecule has 1 amide bonds. The van der Waals surface area contributed by atoms with Crippen molar-refractivity contribution in [3.05, 3.63) is 24.0 Å². The molecule has 10 nitrogen and oxygen atoms in total. The van der Waals surface area contributed by atoms with E-state index in [1.807, 2.05) is 39.0 Å². The molecule has 3 heterocycles. The third kappa shape index (κ3) is 4.69. The second-order valence-corrected chi connectivity index (χ2v) is 9.13. The van der Waals surface area contributed by atoms with Crippen LogP contribution in [0.3, 0.4) is 0 Å². The Kier molecular flexibility index (Phi) is 6.05. The fourth-order valence-electron chi connectivity index (χ4n) is 3.94. The highest BCUT2D eigenvalue weighted by molar-refractivity contribution is 5.95. The van der Waals surface area contributed by atoms with Crippen LogP contribution in [0, 0.1) is 5.92 Å². The van der Waals surface area contributed by atoms with Gasteiger partial charge >= 0.3 is 6.09 Å². The molecule has 1 aromatic carbocycles. The van der Waals surface area contributed by atoms with Crippen molar-refractivity contribution < 1.29 is 14.3 Å². The molecule has 1 saturated heterocycles. The number of hydrogen-bond acceptors (Lipinski definition) is 8. The Hall–Kier alpha value is -3.14. The predicted molar refractivity (Wildman–Crippen MR) is 121 cm³/mol. The zero-order valence-electron chi connectivity index (χ0n) is 19.1.